The molecule has 1 aromatic carbocycles. The van der Waals surface area contributed by atoms with Gasteiger partial charge in [0.05, 0.1) is 31.9 Å². The van der Waals surface area contributed by atoms with E-state index in [1.54, 1.807) is 6.07 Å². The number of rotatable bonds is 2. The number of ether oxygens (including phenoxy) is 2. The molecule has 0 radical (unpaired) electrons. The lowest BCUT2D eigenvalue weighted by molar-refractivity contribution is 0.0587. The largest absolute Gasteiger partial charge is 0.465 e. The summed E-state index contributed by atoms with van der Waals surface area (Å²) < 4.78 is 10.2. The fourth-order valence-corrected chi connectivity index (χ4v) is 1.86. The summed E-state index contributed by atoms with van der Waals surface area (Å²) in [6, 6.07) is 7.53. The Bertz CT molecular complexity index is 378. The summed E-state index contributed by atoms with van der Waals surface area (Å²) in [7, 11) is 1.39. The van der Waals surface area contributed by atoms with Crippen molar-refractivity contribution in [1.82, 2.24) is 5.32 Å². The van der Waals surface area contributed by atoms with Crippen LogP contribution in [0.15, 0.2) is 24.3 Å². The van der Waals surface area contributed by atoms with Crippen molar-refractivity contribution in [3.63, 3.8) is 0 Å². The molecule has 1 heterocycles. The molecule has 1 aliphatic heterocycles. The summed E-state index contributed by atoms with van der Waals surface area (Å²) in [5.41, 5.74) is 1.54. The molecule has 0 unspecified atom stereocenters. The molecule has 1 atom stereocenters. The van der Waals surface area contributed by atoms with Crippen molar-refractivity contribution in [3.05, 3.63) is 35.4 Å². The van der Waals surface area contributed by atoms with Crippen LogP contribution in [0.5, 0.6) is 0 Å². The highest BCUT2D eigenvalue weighted by Crippen LogP contribution is 2.20. The summed E-state index contributed by atoms with van der Waals surface area (Å²) in [6.07, 6.45) is 0. The average Bonchev–Trinajstić information content (AvgIpc) is 2.39. The molecule has 1 aliphatic rings. The van der Waals surface area contributed by atoms with Crippen LogP contribution < -0.4 is 5.32 Å². The molecular formula is C12H16ClNO3. The molecule has 0 bridgehead atoms. The first-order valence-electron chi connectivity index (χ1n) is 5.31. The lowest BCUT2D eigenvalue weighted by Crippen LogP contribution is -2.35. The first kappa shape index (κ1) is 14.0. The van der Waals surface area contributed by atoms with Gasteiger partial charge in [0.2, 0.25) is 0 Å². The lowest BCUT2D eigenvalue weighted by atomic mass is 10.0. The second kappa shape index (κ2) is 6.59. The van der Waals surface area contributed by atoms with Gasteiger partial charge in [-0.2, -0.15) is 0 Å². The zero-order valence-electron chi connectivity index (χ0n) is 9.64. The predicted molar refractivity (Wildman–Crippen MR) is 66.6 cm³/mol. The number of nitrogens with one attached hydrogen (secondary N) is 1. The van der Waals surface area contributed by atoms with E-state index in [2.05, 4.69) is 5.32 Å². The maximum Gasteiger partial charge on any atom is 0.338 e. The average molecular weight is 258 g/mol. The Balaban J connectivity index is 0.00000144. The van der Waals surface area contributed by atoms with Gasteiger partial charge in [0.25, 0.3) is 0 Å². The standard InChI is InChI=1S/C12H15NO3.ClH/c1-15-12(14)10-5-3-2-4-9(10)11-8-16-7-6-13-11;/h2-5,11,13H,6-8H2,1H3;1H/t11-;/m0./s1. The third kappa shape index (κ3) is 3.19. The normalized spacial score (nSPS) is 19.2. The Kier molecular flexibility index (Phi) is 5.41. The van der Waals surface area contributed by atoms with Gasteiger partial charge >= 0.3 is 5.97 Å². The maximum atomic E-state index is 11.6. The van der Waals surface area contributed by atoms with Gasteiger partial charge in [-0.05, 0) is 11.6 Å². The third-order valence-corrected chi connectivity index (χ3v) is 2.66. The third-order valence-electron chi connectivity index (χ3n) is 2.66. The molecular weight excluding hydrogens is 242 g/mol. The van der Waals surface area contributed by atoms with Gasteiger partial charge < -0.3 is 14.8 Å². The highest BCUT2D eigenvalue weighted by molar-refractivity contribution is 5.91. The minimum atomic E-state index is -0.303. The van der Waals surface area contributed by atoms with E-state index in [1.165, 1.54) is 7.11 Å². The highest BCUT2D eigenvalue weighted by atomic mass is 35.5. The summed E-state index contributed by atoms with van der Waals surface area (Å²) in [4.78, 5) is 11.6. The van der Waals surface area contributed by atoms with E-state index in [4.69, 9.17) is 9.47 Å². The maximum absolute atomic E-state index is 11.6. The van der Waals surface area contributed by atoms with Crippen LogP contribution in [-0.2, 0) is 9.47 Å². The van der Waals surface area contributed by atoms with Crippen molar-refractivity contribution in [3.8, 4) is 0 Å². The molecule has 1 fully saturated rings. The second-order valence-corrected chi connectivity index (χ2v) is 3.66. The molecule has 1 N–H and O–H groups in total. The van der Waals surface area contributed by atoms with Gasteiger partial charge in [-0.1, -0.05) is 18.2 Å². The zero-order chi connectivity index (χ0) is 11.4. The molecule has 1 aromatic rings. The fraction of sp³-hybridized carbons (Fsp3) is 0.417. The molecule has 5 heteroatoms. The Morgan fingerprint density at radius 2 is 2.24 bits per heavy atom. The van der Waals surface area contributed by atoms with Crippen LogP contribution in [0.4, 0.5) is 0 Å². The number of halogens is 1. The molecule has 0 amide bonds. The summed E-state index contributed by atoms with van der Waals surface area (Å²) in [5.74, 6) is -0.303. The molecule has 1 saturated heterocycles. The Hall–Kier alpha value is -1.10. The SMILES string of the molecule is COC(=O)c1ccccc1[C@@H]1COCCN1.Cl. The summed E-state index contributed by atoms with van der Waals surface area (Å²) >= 11 is 0. The van der Waals surface area contributed by atoms with Gasteiger partial charge in [-0.25, -0.2) is 4.79 Å². The van der Waals surface area contributed by atoms with E-state index >= 15 is 0 Å². The van der Waals surface area contributed by atoms with E-state index in [9.17, 15) is 4.79 Å². The van der Waals surface area contributed by atoms with Gasteiger partial charge in [-0.3, -0.25) is 0 Å². The molecule has 0 aromatic heterocycles. The summed E-state index contributed by atoms with van der Waals surface area (Å²) in [6.45, 7) is 2.12. The first-order chi connectivity index (χ1) is 7.83. The van der Waals surface area contributed by atoms with Crippen LogP contribution in [0.2, 0.25) is 0 Å². The molecule has 94 valence electrons. The van der Waals surface area contributed by atoms with Crippen molar-refractivity contribution in [1.29, 1.82) is 0 Å². The number of carbonyl (C=O) groups excluding carboxylic acids is 1. The van der Waals surface area contributed by atoms with Crippen molar-refractivity contribution < 1.29 is 14.3 Å². The quantitative estimate of drug-likeness (QED) is 0.817. The smallest absolute Gasteiger partial charge is 0.338 e. The zero-order valence-corrected chi connectivity index (χ0v) is 10.5. The van der Waals surface area contributed by atoms with E-state index in [-0.39, 0.29) is 24.4 Å². The van der Waals surface area contributed by atoms with Gasteiger partial charge in [0.1, 0.15) is 0 Å². The molecule has 0 saturated carbocycles. The second-order valence-electron chi connectivity index (χ2n) is 3.66. The fourth-order valence-electron chi connectivity index (χ4n) is 1.86. The lowest BCUT2D eigenvalue weighted by Gasteiger charge is -2.25. The van der Waals surface area contributed by atoms with E-state index in [1.807, 2.05) is 18.2 Å². The van der Waals surface area contributed by atoms with Crippen LogP contribution >= 0.6 is 12.4 Å². The minimum absolute atomic E-state index is 0. The number of methoxy groups -OCH3 is 1. The Morgan fingerprint density at radius 1 is 1.47 bits per heavy atom. The number of hydrogen-bond donors (Lipinski definition) is 1. The summed E-state index contributed by atoms with van der Waals surface area (Å²) in [5, 5.41) is 3.32. The van der Waals surface area contributed by atoms with Gasteiger partial charge in [-0.15, -0.1) is 12.4 Å². The Labute approximate surface area is 107 Å². The Morgan fingerprint density at radius 3 is 2.88 bits per heavy atom. The van der Waals surface area contributed by atoms with Crippen molar-refractivity contribution in [2.45, 2.75) is 6.04 Å². The molecule has 2 rings (SSSR count). The van der Waals surface area contributed by atoms with Crippen LogP contribution in [0, 0.1) is 0 Å². The first-order valence-corrected chi connectivity index (χ1v) is 5.31. The monoisotopic (exact) mass is 257 g/mol. The number of esters is 1. The van der Waals surface area contributed by atoms with Gasteiger partial charge in [0.15, 0.2) is 0 Å². The van der Waals surface area contributed by atoms with Crippen molar-refractivity contribution in [2.24, 2.45) is 0 Å². The minimum Gasteiger partial charge on any atom is -0.465 e. The number of carbonyl (C=O) groups is 1. The highest BCUT2D eigenvalue weighted by Gasteiger charge is 2.21. The van der Waals surface area contributed by atoms with Gasteiger partial charge in [0, 0.05) is 6.54 Å². The predicted octanol–water partition coefficient (Wildman–Crippen LogP) is 1.56. The van der Waals surface area contributed by atoms with Crippen molar-refractivity contribution >= 4 is 18.4 Å². The van der Waals surface area contributed by atoms with Crippen LogP contribution in [-0.4, -0.2) is 32.8 Å². The molecule has 0 aliphatic carbocycles. The van der Waals surface area contributed by atoms with E-state index < -0.39 is 0 Å². The number of morpholine rings is 1. The van der Waals surface area contributed by atoms with E-state index in [0.29, 0.717) is 12.2 Å². The number of hydrogen-bond acceptors (Lipinski definition) is 4. The van der Waals surface area contributed by atoms with Crippen LogP contribution in [0.3, 0.4) is 0 Å². The molecule has 4 nitrogen and oxygen atoms in total. The van der Waals surface area contributed by atoms with Crippen LogP contribution in [0.25, 0.3) is 0 Å². The number of benzene rings is 1. The van der Waals surface area contributed by atoms with Crippen LogP contribution in [0.1, 0.15) is 22.0 Å². The molecule has 0 spiro atoms. The molecule has 17 heavy (non-hydrogen) atoms. The topological polar surface area (TPSA) is 47.6 Å². The van der Waals surface area contributed by atoms with E-state index in [0.717, 1.165) is 18.7 Å². The van der Waals surface area contributed by atoms with Crippen molar-refractivity contribution in [2.75, 3.05) is 26.9 Å².